The van der Waals surface area contributed by atoms with Gasteiger partial charge in [0.1, 0.15) is 0 Å². The molecular weight excluding hydrogens is 414 g/mol. The fraction of sp³-hybridized carbons (Fsp3) is 0.444. The minimum Gasteiger partial charge on any atom is -0.381 e. The van der Waals surface area contributed by atoms with Crippen LogP contribution in [0.25, 0.3) is 22.0 Å². The van der Waals surface area contributed by atoms with E-state index in [-0.39, 0.29) is 17.4 Å². The van der Waals surface area contributed by atoms with Crippen molar-refractivity contribution in [2.75, 3.05) is 19.8 Å². The largest absolute Gasteiger partial charge is 0.381 e. The highest BCUT2D eigenvalue weighted by molar-refractivity contribution is 5.94. The number of aryl methyl sites for hydroxylation is 1. The molecule has 0 spiro atoms. The van der Waals surface area contributed by atoms with Crippen molar-refractivity contribution in [2.24, 2.45) is 11.8 Å². The second-order valence-corrected chi connectivity index (χ2v) is 9.78. The maximum absolute atomic E-state index is 13.8. The van der Waals surface area contributed by atoms with Gasteiger partial charge in [0.05, 0.1) is 18.0 Å². The Kier molecular flexibility index (Phi) is 5.06. The van der Waals surface area contributed by atoms with E-state index in [1.807, 2.05) is 46.7 Å². The molecule has 1 aromatic carbocycles. The van der Waals surface area contributed by atoms with Gasteiger partial charge in [-0.25, -0.2) is 0 Å². The van der Waals surface area contributed by atoms with Gasteiger partial charge in [0.15, 0.2) is 0 Å². The Morgan fingerprint density at radius 1 is 1.15 bits per heavy atom. The van der Waals surface area contributed by atoms with Crippen molar-refractivity contribution in [3.63, 3.8) is 0 Å². The van der Waals surface area contributed by atoms with Crippen molar-refractivity contribution < 1.29 is 9.53 Å². The Hall–Kier alpha value is -2.99. The number of carbonyl (C=O) groups excluding carboxylic acids is 1. The zero-order valence-corrected chi connectivity index (χ0v) is 19.0. The lowest BCUT2D eigenvalue weighted by Gasteiger charge is -2.32. The van der Waals surface area contributed by atoms with E-state index in [4.69, 9.17) is 4.74 Å². The highest BCUT2D eigenvalue weighted by Crippen LogP contribution is 2.34. The lowest BCUT2D eigenvalue weighted by molar-refractivity contribution is -0.136. The van der Waals surface area contributed by atoms with Crippen molar-refractivity contribution >= 4 is 16.8 Å². The van der Waals surface area contributed by atoms with E-state index >= 15 is 0 Å². The minimum atomic E-state index is -0.0317. The molecule has 4 heterocycles. The smallest absolute Gasteiger partial charge is 0.258 e. The summed E-state index contributed by atoms with van der Waals surface area (Å²) in [4.78, 5) is 33.5. The maximum Gasteiger partial charge on any atom is 0.258 e. The number of ether oxygens (including phenoxy) is 1. The molecule has 0 radical (unpaired) electrons. The average molecular weight is 444 g/mol. The molecule has 1 amide bonds. The third-order valence-electron chi connectivity index (χ3n) is 7.36. The average Bonchev–Trinajstić information content (AvgIpc) is 3.48. The van der Waals surface area contributed by atoms with Crippen molar-refractivity contribution in [1.29, 1.82) is 0 Å². The summed E-state index contributed by atoms with van der Waals surface area (Å²) >= 11 is 0. The maximum atomic E-state index is 13.8. The van der Waals surface area contributed by atoms with E-state index in [1.54, 1.807) is 0 Å². The molecule has 1 atom stereocenters. The molecule has 1 unspecified atom stereocenters. The van der Waals surface area contributed by atoms with Crippen LogP contribution < -0.4 is 5.56 Å². The van der Waals surface area contributed by atoms with E-state index in [9.17, 15) is 9.59 Å². The van der Waals surface area contributed by atoms with Crippen molar-refractivity contribution in [3.8, 4) is 11.1 Å². The fourth-order valence-corrected chi connectivity index (χ4v) is 5.33. The van der Waals surface area contributed by atoms with Gasteiger partial charge in [-0.05, 0) is 61.4 Å². The molecule has 1 saturated heterocycles. The summed E-state index contributed by atoms with van der Waals surface area (Å²) in [6.45, 7) is 5.18. The Morgan fingerprint density at radius 3 is 2.82 bits per heavy atom. The molecule has 2 aliphatic heterocycles. The molecule has 6 heteroatoms. The van der Waals surface area contributed by atoms with E-state index in [0.717, 1.165) is 52.8 Å². The highest BCUT2D eigenvalue weighted by Gasteiger charge is 2.32. The van der Waals surface area contributed by atoms with Crippen LogP contribution in [-0.2, 0) is 29.0 Å². The number of rotatable bonds is 4. The molecule has 3 aromatic rings. The van der Waals surface area contributed by atoms with Crippen LogP contribution in [0.4, 0.5) is 0 Å². The lowest BCUT2D eigenvalue weighted by Crippen LogP contribution is -2.42. The molecule has 1 aliphatic carbocycles. The zero-order valence-electron chi connectivity index (χ0n) is 19.0. The first kappa shape index (κ1) is 20.6. The second-order valence-electron chi connectivity index (χ2n) is 9.78. The lowest BCUT2D eigenvalue weighted by atomic mass is 9.95. The number of hydrogen-bond donors (Lipinski definition) is 0. The SMILES string of the molecule is Cc1ccc2c(-c3cc4c(n(CC5CC5)c3=O)CCN(C(=O)C3CCOC3)C4)cccc2n1. The molecule has 170 valence electrons. The number of benzene rings is 1. The van der Waals surface area contributed by atoms with E-state index in [0.29, 0.717) is 37.8 Å². The van der Waals surface area contributed by atoms with Crippen LogP contribution >= 0.6 is 0 Å². The summed E-state index contributed by atoms with van der Waals surface area (Å²) in [7, 11) is 0. The number of carbonyl (C=O) groups is 1. The molecular formula is C27H29N3O3. The van der Waals surface area contributed by atoms with Gasteiger partial charge < -0.3 is 14.2 Å². The molecule has 3 aliphatic rings. The third-order valence-corrected chi connectivity index (χ3v) is 7.36. The molecule has 0 N–H and O–H groups in total. The monoisotopic (exact) mass is 443 g/mol. The zero-order chi connectivity index (χ0) is 22.5. The summed E-state index contributed by atoms with van der Waals surface area (Å²) < 4.78 is 7.47. The topological polar surface area (TPSA) is 64.4 Å². The molecule has 2 aromatic heterocycles. The predicted molar refractivity (Wildman–Crippen MR) is 127 cm³/mol. The van der Waals surface area contributed by atoms with E-state index in [2.05, 4.69) is 11.1 Å². The Bertz CT molecular complexity index is 1300. The molecule has 33 heavy (non-hydrogen) atoms. The van der Waals surface area contributed by atoms with Crippen LogP contribution in [0, 0.1) is 18.8 Å². The number of hydrogen-bond acceptors (Lipinski definition) is 4. The van der Waals surface area contributed by atoms with Gasteiger partial charge in [-0.15, -0.1) is 0 Å². The summed E-state index contributed by atoms with van der Waals surface area (Å²) in [6, 6.07) is 12.1. The summed E-state index contributed by atoms with van der Waals surface area (Å²) in [5.74, 6) is 0.745. The third kappa shape index (κ3) is 3.76. The molecule has 6 nitrogen and oxygen atoms in total. The predicted octanol–water partition coefficient (Wildman–Crippen LogP) is 3.70. The molecule has 2 fully saturated rings. The summed E-state index contributed by atoms with van der Waals surface area (Å²) in [5.41, 5.74) is 5.78. The number of fused-ring (bicyclic) bond motifs is 2. The second kappa shape index (κ2) is 8.10. The Morgan fingerprint density at radius 2 is 2.03 bits per heavy atom. The Balaban J connectivity index is 1.46. The van der Waals surface area contributed by atoms with Crippen LogP contribution in [0.3, 0.4) is 0 Å². The van der Waals surface area contributed by atoms with E-state index < -0.39 is 0 Å². The highest BCUT2D eigenvalue weighted by atomic mass is 16.5. The van der Waals surface area contributed by atoms with Gasteiger partial charge in [-0.3, -0.25) is 14.6 Å². The Labute approximate surface area is 193 Å². The van der Waals surface area contributed by atoms with Crippen molar-refractivity contribution in [2.45, 2.75) is 45.7 Å². The van der Waals surface area contributed by atoms with Crippen LogP contribution in [-0.4, -0.2) is 40.1 Å². The molecule has 1 saturated carbocycles. The van der Waals surface area contributed by atoms with E-state index in [1.165, 1.54) is 12.8 Å². The first-order valence-electron chi connectivity index (χ1n) is 12.1. The first-order valence-corrected chi connectivity index (χ1v) is 12.1. The van der Waals surface area contributed by atoms with Gasteiger partial charge in [-0.2, -0.15) is 0 Å². The van der Waals surface area contributed by atoms with Crippen molar-refractivity contribution in [3.05, 3.63) is 63.7 Å². The van der Waals surface area contributed by atoms with Gasteiger partial charge in [-0.1, -0.05) is 18.2 Å². The minimum absolute atomic E-state index is 0.0317. The summed E-state index contributed by atoms with van der Waals surface area (Å²) in [6.07, 6.45) is 3.91. The number of pyridine rings is 2. The normalized spacial score (nSPS) is 20.3. The van der Waals surface area contributed by atoms with Gasteiger partial charge in [0.25, 0.3) is 5.56 Å². The van der Waals surface area contributed by atoms with Gasteiger partial charge in [0, 0.05) is 55.0 Å². The van der Waals surface area contributed by atoms with Crippen LogP contribution in [0.5, 0.6) is 0 Å². The molecule has 6 rings (SSSR count). The quantitative estimate of drug-likeness (QED) is 0.617. The summed E-state index contributed by atoms with van der Waals surface area (Å²) in [5, 5.41) is 0.991. The fourth-order valence-electron chi connectivity index (χ4n) is 5.33. The standard InChI is InChI=1S/C27H29N3O3/c1-17-5-8-22-21(3-2-4-24(22)28-17)23-13-20-15-29(26(31)19-10-12-33-16-19)11-9-25(20)30(27(23)32)14-18-6-7-18/h2-5,8,13,18-19H,6-7,9-12,14-16H2,1H3. The first-order chi connectivity index (χ1) is 16.1. The number of amides is 1. The van der Waals surface area contributed by atoms with Crippen LogP contribution in [0.15, 0.2) is 41.2 Å². The number of nitrogens with zero attached hydrogens (tertiary/aromatic N) is 3. The van der Waals surface area contributed by atoms with Gasteiger partial charge in [0.2, 0.25) is 5.91 Å². The van der Waals surface area contributed by atoms with Crippen molar-refractivity contribution in [1.82, 2.24) is 14.5 Å². The van der Waals surface area contributed by atoms with Gasteiger partial charge >= 0.3 is 0 Å². The van der Waals surface area contributed by atoms with Crippen LogP contribution in [0.1, 0.15) is 36.2 Å². The van der Waals surface area contributed by atoms with Crippen LogP contribution in [0.2, 0.25) is 0 Å². The molecule has 0 bridgehead atoms. The number of aromatic nitrogens is 2.